The predicted octanol–water partition coefficient (Wildman–Crippen LogP) is 0.138. The molecule has 0 aliphatic heterocycles. The van der Waals surface area contributed by atoms with Crippen molar-refractivity contribution in [2.45, 2.75) is 27.2 Å². The number of nitrogens with two attached hydrogens (primary N) is 2. The fourth-order valence-electron chi connectivity index (χ4n) is 1.82. The summed E-state index contributed by atoms with van der Waals surface area (Å²) in [5.74, 6) is -0.714. The second-order valence-electron chi connectivity index (χ2n) is 4.86. The van der Waals surface area contributed by atoms with Gasteiger partial charge in [-0.1, -0.05) is 20.8 Å². The second kappa shape index (κ2) is 6.21. The van der Waals surface area contributed by atoms with Crippen LogP contribution in [0.1, 0.15) is 37.0 Å². The van der Waals surface area contributed by atoms with Gasteiger partial charge in [-0.25, -0.2) is 0 Å². The van der Waals surface area contributed by atoms with E-state index < -0.39 is 5.91 Å². The van der Waals surface area contributed by atoms with Crippen LogP contribution < -0.4 is 11.5 Å². The lowest BCUT2D eigenvalue weighted by Gasteiger charge is -2.22. The maximum Gasteiger partial charge on any atom is 0.276 e. The van der Waals surface area contributed by atoms with Crippen LogP contribution in [-0.4, -0.2) is 40.0 Å². The molecule has 0 radical (unpaired) electrons. The third-order valence-corrected chi connectivity index (χ3v) is 2.66. The minimum atomic E-state index is -0.557. The summed E-state index contributed by atoms with van der Waals surface area (Å²) in [6.07, 6.45) is 0.659. The highest BCUT2D eigenvalue weighted by Crippen LogP contribution is 2.17. The summed E-state index contributed by atoms with van der Waals surface area (Å²) in [6, 6.07) is 0. The fourth-order valence-corrected chi connectivity index (χ4v) is 1.82. The number of aryl methyl sites for hydroxylation is 1. The minimum absolute atomic E-state index is 0.134. The Hall–Kier alpha value is -2.05. The number of aromatic nitrogens is 2. The molecule has 0 aliphatic carbocycles. The lowest BCUT2D eigenvalue weighted by Crippen LogP contribution is -2.41. The van der Waals surface area contributed by atoms with Gasteiger partial charge in [0.15, 0.2) is 5.69 Å². The van der Waals surface area contributed by atoms with Gasteiger partial charge in [-0.2, -0.15) is 5.10 Å². The highest BCUT2D eigenvalue weighted by atomic mass is 16.2. The number of carbonyl (C=O) groups is 2. The molecule has 0 bridgehead atoms. The first-order chi connectivity index (χ1) is 8.86. The van der Waals surface area contributed by atoms with Crippen LogP contribution in [0.2, 0.25) is 0 Å². The summed E-state index contributed by atoms with van der Waals surface area (Å²) >= 11 is 0. The number of H-pyrrole nitrogens is 1. The Morgan fingerprint density at radius 3 is 2.47 bits per heavy atom. The third-order valence-electron chi connectivity index (χ3n) is 2.66. The zero-order chi connectivity index (χ0) is 14.6. The van der Waals surface area contributed by atoms with E-state index >= 15 is 0 Å². The molecule has 0 saturated heterocycles. The molecular weight excluding hydrogens is 246 g/mol. The molecule has 0 atom stereocenters. The molecule has 5 N–H and O–H groups in total. The van der Waals surface area contributed by atoms with Crippen LogP contribution in [0, 0.1) is 5.92 Å². The number of hydrogen-bond donors (Lipinski definition) is 3. The minimum Gasteiger partial charge on any atom is -0.395 e. The van der Waals surface area contributed by atoms with Gasteiger partial charge in [0.2, 0.25) is 5.91 Å². The number of primary amides is 1. The number of nitrogens with one attached hydrogen (secondary N) is 1. The van der Waals surface area contributed by atoms with E-state index in [1.165, 1.54) is 4.90 Å². The smallest absolute Gasteiger partial charge is 0.276 e. The lowest BCUT2D eigenvalue weighted by molar-refractivity contribution is -0.118. The summed E-state index contributed by atoms with van der Waals surface area (Å²) in [7, 11) is 0. The molecule has 7 nitrogen and oxygen atoms in total. The van der Waals surface area contributed by atoms with Crippen LogP contribution in [0.25, 0.3) is 0 Å². The number of nitrogen functional groups attached to an aromatic ring is 1. The van der Waals surface area contributed by atoms with Gasteiger partial charge in [0.25, 0.3) is 5.91 Å². The number of carbonyl (C=O) groups excluding carboxylic acids is 2. The zero-order valence-electron chi connectivity index (χ0n) is 11.6. The third kappa shape index (κ3) is 3.70. The van der Waals surface area contributed by atoms with Crippen molar-refractivity contribution in [2.24, 2.45) is 11.7 Å². The van der Waals surface area contributed by atoms with E-state index in [2.05, 4.69) is 10.2 Å². The molecule has 106 valence electrons. The van der Waals surface area contributed by atoms with Crippen molar-refractivity contribution in [3.8, 4) is 0 Å². The maximum absolute atomic E-state index is 12.3. The van der Waals surface area contributed by atoms with E-state index in [4.69, 9.17) is 11.5 Å². The van der Waals surface area contributed by atoms with Crippen LogP contribution in [0.15, 0.2) is 0 Å². The van der Waals surface area contributed by atoms with Gasteiger partial charge in [-0.05, 0) is 12.3 Å². The molecule has 1 heterocycles. The van der Waals surface area contributed by atoms with Gasteiger partial charge in [0.1, 0.15) is 0 Å². The molecular formula is C12H21N5O2. The summed E-state index contributed by atoms with van der Waals surface area (Å²) in [5, 5.41) is 6.66. The fraction of sp³-hybridized carbons (Fsp3) is 0.583. The largest absolute Gasteiger partial charge is 0.395 e. The molecule has 7 heteroatoms. The first kappa shape index (κ1) is 15.0. The molecule has 1 aromatic rings. The SMILES string of the molecule is CCc1[nH]nc(C(=O)N(CC(N)=O)CC(C)C)c1N. The van der Waals surface area contributed by atoms with Gasteiger partial charge >= 0.3 is 0 Å². The van der Waals surface area contributed by atoms with Crippen molar-refractivity contribution < 1.29 is 9.59 Å². The van der Waals surface area contributed by atoms with Gasteiger partial charge in [-0.3, -0.25) is 14.7 Å². The van der Waals surface area contributed by atoms with Crippen molar-refractivity contribution in [3.63, 3.8) is 0 Å². The molecule has 2 amide bonds. The molecule has 19 heavy (non-hydrogen) atoms. The monoisotopic (exact) mass is 267 g/mol. The molecule has 0 saturated carbocycles. The molecule has 0 aliphatic rings. The van der Waals surface area contributed by atoms with Crippen LogP contribution in [0.3, 0.4) is 0 Å². The van der Waals surface area contributed by atoms with Crippen LogP contribution in [-0.2, 0) is 11.2 Å². The standard InChI is InChI=1S/C12H21N5O2/c1-4-8-10(14)11(16-15-8)12(19)17(5-7(2)3)6-9(13)18/h7H,4-6,14H2,1-3H3,(H2,13,18)(H,15,16). The molecule has 1 rings (SSSR count). The molecule has 1 aromatic heterocycles. The first-order valence-electron chi connectivity index (χ1n) is 6.27. The van der Waals surface area contributed by atoms with Crippen LogP contribution >= 0.6 is 0 Å². The Balaban J connectivity index is 2.97. The van der Waals surface area contributed by atoms with Crippen molar-refractivity contribution in [1.82, 2.24) is 15.1 Å². The Labute approximate surface area is 112 Å². The van der Waals surface area contributed by atoms with E-state index in [9.17, 15) is 9.59 Å². The quantitative estimate of drug-likeness (QED) is 0.679. The molecule has 0 unspecified atom stereocenters. The Kier molecular flexibility index (Phi) is 4.91. The lowest BCUT2D eigenvalue weighted by atomic mass is 10.2. The Morgan fingerprint density at radius 2 is 2.05 bits per heavy atom. The van der Waals surface area contributed by atoms with Gasteiger partial charge in [0.05, 0.1) is 17.9 Å². The normalized spacial score (nSPS) is 10.7. The van der Waals surface area contributed by atoms with Gasteiger partial charge < -0.3 is 16.4 Å². The number of anilines is 1. The van der Waals surface area contributed by atoms with Crippen molar-refractivity contribution >= 4 is 17.5 Å². The van der Waals surface area contributed by atoms with Gasteiger partial charge in [-0.15, -0.1) is 0 Å². The van der Waals surface area contributed by atoms with E-state index in [1.54, 1.807) is 0 Å². The highest BCUT2D eigenvalue weighted by Gasteiger charge is 2.24. The highest BCUT2D eigenvalue weighted by molar-refractivity contribution is 5.99. The summed E-state index contributed by atoms with van der Waals surface area (Å²) < 4.78 is 0. The Morgan fingerprint density at radius 1 is 1.42 bits per heavy atom. The molecule has 0 spiro atoms. The van der Waals surface area contributed by atoms with Crippen molar-refractivity contribution in [3.05, 3.63) is 11.4 Å². The van der Waals surface area contributed by atoms with E-state index in [-0.39, 0.29) is 24.1 Å². The summed E-state index contributed by atoms with van der Waals surface area (Å²) in [5.41, 5.74) is 12.2. The zero-order valence-corrected chi connectivity index (χ0v) is 11.6. The topological polar surface area (TPSA) is 118 Å². The number of amides is 2. The first-order valence-corrected chi connectivity index (χ1v) is 6.27. The van der Waals surface area contributed by atoms with Crippen LogP contribution in [0.5, 0.6) is 0 Å². The van der Waals surface area contributed by atoms with E-state index in [0.29, 0.717) is 24.3 Å². The number of hydrogen-bond acceptors (Lipinski definition) is 4. The van der Waals surface area contributed by atoms with Gasteiger partial charge in [0, 0.05) is 6.54 Å². The van der Waals surface area contributed by atoms with Crippen LogP contribution in [0.4, 0.5) is 5.69 Å². The van der Waals surface area contributed by atoms with E-state index in [0.717, 1.165) is 0 Å². The van der Waals surface area contributed by atoms with Crippen molar-refractivity contribution in [1.29, 1.82) is 0 Å². The molecule has 0 aromatic carbocycles. The maximum atomic E-state index is 12.3. The second-order valence-corrected chi connectivity index (χ2v) is 4.86. The number of nitrogens with zero attached hydrogens (tertiary/aromatic N) is 2. The van der Waals surface area contributed by atoms with E-state index in [1.807, 2.05) is 20.8 Å². The summed E-state index contributed by atoms with van der Waals surface area (Å²) in [4.78, 5) is 24.7. The number of aromatic amines is 1. The average Bonchev–Trinajstić information content (AvgIpc) is 2.67. The number of rotatable bonds is 6. The van der Waals surface area contributed by atoms with Crippen molar-refractivity contribution in [2.75, 3.05) is 18.8 Å². The summed E-state index contributed by atoms with van der Waals surface area (Å²) in [6.45, 7) is 6.10. The predicted molar refractivity (Wildman–Crippen MR) is 72.3 cm³/mol. The molecule has 0 fully saturated rings. The average molecular weight is 267 g/mol. The Bertz CT molecular complexity index is 467.